The Morgan fingerprint density at radius 2 is 1.96 bits per heavy atom. The van der Waals surface area contributed by atoms with E-state index in [1.807, 2.05) is 6.07 Å². The summed E-state index contributed by atoms with van der Waals surface area (Å²) in [5.41, 5.74) is 6.03. The molecule has 142 valence electrons. The first-order chi connectivity index (χ1) is 12.9. The molecule has 0 saturated heterocycles. The molecule has 0 aliphatic rings. The van der Waals surface area contributed by atoms with Gasteiger partial charge >= 0.3 is 11.9 Å². The summed E-state index contributed by atoms with van der Waals surface area (Å²) >= 11 is 0.900. The Bertz CT molecular complexity index is 873. The second-order valence-corrected chi connectivity index (χ2v) is 6.36. The van der Waals surface area contributed by atoms with Crippen molar-refractivity contribution >= 4 is 28.3 Å². The molecule has 0 spiro atoms. The lowest BCUT2D eigenvalue weighted by atomic mass is 10.1. The van der Waals surface area contributed by atoms with Crippen molar-refractivity contribution in [3.05, 3.63) is 46.1 Å². The van der Waals surface area contributed by atoms with Gasteiger partial charge in [-0.15, -0.1) is 11.3 Å². The van der Waals surface area contributed by atoms with E-state index < -0.39 is 23.9 Å². The molecule has 1 aromatic carbocycles. The van der Waals surface area contributed by atoms with Gasteiger partial charge in [-0.1, -0.05) is 0 Å². The van der Waals surface area contributed by atoms with Crippen molar-refractivity contribution < 1.29 is 28.2 Å². The number of carbonyl (C=O) groups is 2. The number of halogens is 1. The number of nitrogens with two attached hydrogens (primary N) is 1. The maximum atomic E-state index is 12.9. The van der Waals surface area contributed by atoms with Crippen LogP contribution in [-0.4, -0.2) is 24.6 Å². The Labute approximate surface area is 159 Å². The zero-order valence-electron chi connectivity index (χ0n) is 14.7. The number of nitrogen functional groups attached to an aromatic ring is 1. The molecule has 7 nitrogen and oxygen atoms in total. The molecule has 1 unspecified atom stereocenters. The number of anilines is 1. The summed E-state index contributed by atoms with van der Waals surface area (Å²) in [6, 6.07) is 7.06. The molecule has 1 aromatic heterocycles. The molecular weight excluding hydrogens is 375 g/mol. The topological polar surface area (TPSA) is 112 Å². The quantitative estimate of drug-likeness (QED) is 0.721. The number of rotatable bonds is 7. The second kappa shape index (κ2) is 9.00. The van der Waals surface area contributed by atoms with Gasteiger partial charge in [0.05, 0.1) is 12.2 Å². The summed E-state index contributed by atoms with van der Waals surface area (Å²) in [5.74, 6) is -1.49. The lowest BCUT2D eigenvalue weighted by Crippen LogP contribution is -2.26. The van der Waals surface area contributed by atoms with E-state index in [2.05, 4.69) is 0 Å². The smallest absolute Gasteiger partial charge is 0.348 e. The number of nitriles is 1. The molecule has 1 heterocycles. The molecule has 0 aliphatic heterocycles. The van der Waals surface area contributed by atoms with Crippen LogP contribution in [0.25, 0.3) is 0 Å². The van der Waals surface area contributed by atoms with E-state index in [4.69, 9.17) is 19.9 Å². The highest BCUT2D eigenvalue weighted by Gasteiger charge is 2.25. The predicted molar refractivity (Wildman–Crippen MR) is 95.7 cm³/mol. The Morgan fingerprint density at radius 3 is 2.56 bits per heavy atom. The number of ether oxygens (including phenoxy) is 3. The van der Waals surface area contributed by atoms with Crippen LogP contribution in [0.1, 0.15) is 34.6 Å². The summed E-state index contributed by atoms with van der Waals surface area (Å²) < 4.78 is 28.4. The summed E-state index contributed by atoms with van der Waals surface area (Å²) in [6.07, 6.45) is -0.983. The van der Waals surface area contributed by atoms with E-state index in [9.17, 15) is 19.2 Å². The minimum absolute atomic E-state index is 0.0722. The van der Waals surface area contributed by atoms with E-state index in [1.54, 1.807) is 6.92 Å². The van der Waals surface area contributed by atoms with E-state index in [-0.39, 0.29) is 34.2 Å². The summed E-state index contributed by atoms with van der Waals surface area (Å²) in [5, 5.41) is 9.39. The number of hydrogen-bond donors (Lipinski definition) is 1. The lowest BCUT2D eigenvalue weighted by Gasteiger charge is -2.14. The molecule has 2 N–H and O–H groups in total. The zero-order chi connectivity index (χ0) is 20.0. The summed E-state index contributed by atoms with van der Waals surface area (Å²) in [7, 11) is 0. The monoisotopic (exact) mass is 392 g/mol. The fourth-order valence-corrected chi connectivity index (χ4v) is 3.05. The third kappa shape index (κ3) is 4.95. The summed E-state index contributed by atoms with van der Waals surface area (Å²) in [4.78, 5) is 24.3. The normalized spacial score (nSPS) is 11.3. The van der Waals surface area contributed by atoms with Crippen LogP contribution in [-0.2, 0) is 20.9 Å². The minimum atomic E-state index is -0.983. The van der Waals surface area contributed by atoms with Crippen molar-refractivity contribution in [1.82, 2.24) is 0 Å². The van der Waals surface area contributed by atoms with Crippen molar-refractivity contribution in [3.63, 3.8) is 0 Å². The molecule has 2 rings (SSSR count). The SMILES string of the molecule is CCOC(=O)c1sc(N)c(C#N)c1COC(=O)C(C)Oc1ccc(F)cc1. The number of thiophene rings is 1. The van der Waals surface area contributed by atoms with Crippen molar-refractivity contribution in [3.8, 4) is 11.8 Å². The van der Waals surface area contributed by atoms with Crippen LogP contribution in [0, 0.1) is 17.1 Å². The lowest BCUT2D eigenvalue weighted by molar-refractivity contribution is -0.152. The van der Waals surface area contributed by atoms with Crippen molar-refractivity contribution in [1.29, 1.82) is 5.26 Å². The van der Waals surface area contributed by atoms with E-state index >= 15 is 0 Å². The highest BCUT2D eigenvalue weighted by Crippen LogP contribution is 2.32. The molecular formula is C18H17FN2O5S. The Hall–Kier alpha value is -3.12. The zero-order valence-corrected chi connectivity index (χ0v) is 15.5. The van der Waals surface area contributed by atoms with Gasteiger partial charge in [0.1, 0.15) is 34.1 Å². The van der Waals surface area contributed by atoms with Gasteiger partial charge in [0.25, 0.3) is 0 Å². The molecule has 0 bridgehead atoms. The molecule has 0 aliphatic carbocycles. The Morgan fingerprint density at radius 1 is 1.30 bits per heavy atom. The first-order valence-corrected chi connectivity index (χ1v) is 8.76. The average molecular weight is 392 g/mol. The number of benzene rings is 1. The maximum absolute atomic E-state index is 12.9. The third-order valence-corrected chi connectivity index (χ3v) is 4.47. The van der Waals surface area contributed by atoms with Gasteiger partial charge in [0.2, 0.25) is 0 Å². The van der Waals surface area contributed by atoms with Crippen molar-refractivity contribution in [2.24, 2.45) is 0 Å². The first kappa shape index (κ1) is 20.2. The molecule has 9 heteroatoms. The third-order valence-electron chi connectivity index (χ3n) is 3.42. The van der Waals surface area contributed by atoms with Crippen molar-refractivity contribution in [2.75, 3.05) is 12.3 Å². The van der Waals surface area contributed by atoms with Gasteiger partial charge < -0.3 is 19.9 Å². The van der Waals surface area contributed by atoms with Crippen LogP contribution in [0.5, 0.6) is 5.75 Å². The van der Waals surface area contributed by atoms with Gasteiger partial charge in [-0.05, 0) is 38.1 Å². The average Bonchev–Trinajstić information content (AvgIpc) is 2.97. The van der Waals surface area contributed by atoms with Gasteiger partial charge in [-0.2, -0.15) is 5.26 Å². The van der Waals surface area contributed by atoms with Crippen LogP contribution in [0.3, 0.4) is 0 Å². The van der Waals surface area contributed by atoms with E-state index in [0.717, 1.165) is 11.3 Å². The summed E-state index contributed by atoms with van der Waals surface area (Å²) in [6.45, 7) is 2.93. The molecule has 0 fully saturated rings. The Kier molecular flexibility index (Phi) is 6.73. The minimum Gasteiger partial charge on any atom is -0.479 e. The predicted octanol–water partition coefficient (Wildman–Crippen LogP) is 3.03. The van der Waals surface area contributed by atoms with Gasteiger partial charge in [0.15, 0.2) is 6.10 Å². The maximum Gasteiger partial charge on any atom is 0.348 e. The fraction of sp³-hybridized carbons (Fsp3) is 0.278. The molecule has 2 aromatic rings. The number of nitrogens with zero attached hydrogens (tertiary/aromatic N) is 1. The number of esters is 2. The van der Waals surface area contributed by atoms with Crippen LogP contribution in [0.15, 0.2) is 24.3 Å². The van der Waals surface area contributed by atoms with E-state index in [1.165, 1.54) is 31.2 Å². The van der Waals surface area contributed by atoms with Crippen LogP contribution < -0.4 is 10.5 Å². The molecule has 0 amide bonds. The first-order valence-electron chi connectivity index (χ1n) is 7.94. The molecule has 1 atom stereocenters. The van der Waals surface area contributed by atoms with Gasteiger partial charge in [-0.25, -0.2) is 14.0 Å². The molecule has 27 heavy (non-hydrogen) atoms. The molecule has 0 radical (unpaired) electrons. The van der Waals surface area contributed by atoms with Crippen molar-refractivity contribution in [2.45, 2.75) is 26.6 Å². The van der Waals surface area contributed by atoms with Crippen LogP contribution in [0.4, 0.5) is 9.39 Å². The Balaban J connectivity index is 2.08. The number of carbonyl (C=O) groups excluding carboxylic acids is 2. The number of hydrogen-bond acceptors (Lipinski definition) is 8. The standard InChI is InChI=1S/C18H17FN2O5S/c1-3-24-18(23)15-14(13(8-20)16(21)27-15)9-25-17(22)10(2)26-12-6-4-11(19)5-7-12/h4-7,10H,3,9,21H2,1-2H3. The largest absolute Gasteiger partial charge is 0.479 e. The highest BCUT2D eigenvalue weighted by atomic mass is 32.1. The second-order valence-electron chi connectivity index (χ2n) is 5.30. The van der Waals surface area contributed by atoms with E-state index in [0.29, 0.717) is 5.75 Å². The van der Waals surface area contributed by atoms with Gasteiger partial charge in [-0.3, -0.25) is 0 Å². The molecule has 0 saturated carbocycles. The fourth-order valence-electron chi connectivity index (χ4n) is 2.13. The van der Waals surface area contributed by atoms with Gasteiger partial charge in [0, 0.05) is 5.56 Å². The van der Waals surface area contributed by atoms with Crippen LogP contribution in [0.2, 0.25) is 0 Å². The van der Waals surface area contributed by atoms with Crippen LogP contribution >= 0.6 is 11.3 Å². The highest BCUT2D eigenvalue weighted by molar-refractivity contribution is 7.18.